The number of benzene rings is 2. The van der Waals surface area contributed by atoms with Crippen LogP contribution in [0.1, 0.15) is 16.7 Å². The molecule has 1 aliphatic heterocycles. The van der Waals surface area contributed by atoms with Gasteiger partial charge in [0.05, 0.1) is 18.0 Å². The molecule has 26 heavy (non-hydrogen) atoms. The molecule has 0 spiro atoms. The minimum Gasteiger partial charge on any atom is -0.293 e. The molecular weight excluding hydrogens is 372 g/mol. The van der Waals surface area contributed by atoms with E-state index in [0.717, 1.165) is 42.0 Å². The number of nitrogens with two attached hydrogens (primary N) is 1. The van der Waals surface area contributed by atoms with Crippen LogP contribution in [0, 0.1) is 0 Å². The third kappa shape index (κ3) is 4.24. The zero-order valence-corrected chi connectivity index (χ0v) is 16.4. The normalized spacial score (nSPS) is 14.3. The minimum absolute atomic E-state index is 0. The standard InChI is InChI=1S/C18H22N4O2S.ClH/c1-21(2)25(23,24)17-9-5-15(6-10-17)13-14-3-7-16(8-4-14)18-20-11-12-22(18)19;/h3-10H,11-13,19H2,1-2H3;1H. The van der Waals surface area contributed by atoms with Crippen LogP contribution >= 0.6 is 12.4 Å². The first-order chi connectivity index (χ1) is 11.9. The van der Waals surface area contributed by atoms with Gasteiger partial charge in [0.2, 0.25) is 10.0 Å². The Morgan fingerprint density at radius 1 is 1.04 bits per heavy atom. The molecule has 0 bridgehead atoms. The highest BCUT2D eigenvalue weighted by Crippen LogP contribution is 2.17. The SMILES string of the molecule is CN(C)S(=O)(=O)c1ccc(Cc2ccc(C3=NCCN3N)cc2)cc1.Cl. The summed E-state index contributed by atoms with van der Waals surface area (Å²) < 4.78 is 25.4. The van der Waals surface area contributed by atoms with Gasteiger partial charge >= 0.3 is 0 Å². The fourth-order valence-electron chi connectivity index (χ4n) is 2.71. The zero-order chi connectivity index (χ0) is 18.0. The number of sulfonamides is 1. The largest absolute Gasteiger partial charge is 0.293 e. The Kier molecular flexibility index (Phi) is 6.41. The first kappa shape index (κ1) is 20.4. The topological polar surface area (TPSA) is 79.0 Å². The molecule has 8 heteroatoms. The Bertz CT molecular complexity index is 878. The van der Waals surface area contributed by atoms with E-state index in [-0.39, 0.29) is 12.4 Å². The summed E-state index contributed by atoms with van der Waals surface area (Å²) in [7, 11) is -0.324. The quantitative estimate of drug-likeness (QED) is 0.785. The van der Waals surface area contributed by atoms with Crippen molar-refractivity contribution in [1.82, 2.24) is 9.31 Å². The lowest BCUT2D eigenvalue weighted by atomic mass is 10.0. The Hall–Kier alpha value is -1.93. The fourth-order valence-corrected chi connectivity index (χ4v) is 3.62. The van der Waals surface area contributed by atoms with E-state index in [1.165, 1.54) is 18.4 Å². The Morgan fingerprint density at radius 3 is 2.04 bits per heavy atom. The molecule has 0 atom stereocenters. The third-order valence-corrected chi connectivity index (χ3v) is 6.03. The van der Waals surface area contributed by atoms with Crippen molar-refractivity contribution in [2.75, 3.05) is 27.2 Å². The van der Waals surface area contributed by atoms with Gasteiger partial charge in [-0.25, -0.2) is 18.6 Å². The van der Waals surface area contributed by atoms with Crippen molar-refractivity contribution < 1.29 is 8.42 Å². The average Bonchev–Trinajstić information content (AvgIpc) is 3.02. The highest BCUT2D eigenvalue weighted by atomic mass is 35.5. The van der Waals surface area contributed by atoms with Crippen LogP contribution in [0.2, 0.25) is 0 Å². The van der Waals surface area contributed by atoms with Crippen molar-refractivity contribution in [3.8, 4) is 0 Å². The number of hydrazine groups is 1. The summed E-state index contributed by atoms with van der Waals surface area (Å²) in [5.41, 5.74) is 3.22. The monoisotopic (exact) mass is 394 g/mol. The van der Waals surface area contributed by atoms with Crippen LogP contribution in [-0.2, 0) is 16.4 Å². The van der Waals surface area contributed by atoms with Gasteiger partial charge in [-0.2, -0.15) is 0 Å². The molecule has 2 aromatic rings. The van der Waals surface area contributed by atoms with Gasteiger partial charge in [-0.3, -0.25) is 10.0 Å². The number of hydrogen-bond acceptors (Lipinski definition) is 5. The molecule has 1 aliphatic rings. The number of aliphatic imine (C=N–C) groups is 1. The second kappa shape index (κ2) is 8.18. The molecule has 6 nitrogen and oxygen atoms in total. The highest BCUT2D eigenvalue weighted by molar-refractivity contribution is 7.89. The van der Waals surface area contributed by atoms with Crippen molar-refractivity contribution in [3.05, 3.63) is 65.2 Å². The Labute approximate surface area is 160 Å². The van der Waals surface area contributed by atoms with E-state index in [1.807, 2.05) is 24.3 Å². The summed E-state index contributed by atoms with van der Waals surface area (Å²) in [6.45, 7) is 1.48. The first-order valence-corrected chi connectivity index (χ1v) is 9.49. The Balaban J connectivity index is 0.00000243. The summed E-state index contributed by atoms with van der Waals surface area (Å²) in [6.07, 6.45) is 0.737. The molecular formula is C18H23ClN4O2S. The van der Waals surface area contributed by atoms with Gasteiger partial charge in [0, 0.05) is 19.7 Å². The fraction of sp³-hybridized carbons (Fsp3) is 0.278. The minimum atomic E-state index is -3.38. The summed E-state index contributed by atoms with van der Waals surface area (Å²) in [4.78, 5) is 4.71. The van der Waals surface area contributed by atoms with E-state index in [4.69, 9.17) is 5.84 Å². The summed E-state index contributed by atoms with van der Waals surface area (Å²) in [5, 5.41) is 1.67. The molecule has 0 aliphatic carbocycles. The molecule has 0 unspecified atom stereocenters. The maximum absolute atomic E-state index is 12.1. The molecule has 2 aromatic carbocycles. The third-order valence-electron chi connectivity index (χ3n) is 4.20. The number of hydrogen-bond donors (Lipinski definition) is 1. The molecule has 3 rings (SSSR count). The predicted octanol–water partition coefficient (Wildman–Crippen LogP) is 1.89. The lowest BCUT2D eigenvalue weighted by molar-refractivity contribution is 0.484. The van der Waals surface area contributed by atoms with Gasteiger partial charge in [-0.15, -0.1) is 12.4 Å². The van der Waals surface area contributed by atoms with Gasteiger partial charge in [-0.05, 0) is 29.7 Å². The predicted molar refractivity (Wildman–Crippen MR) is 106 cm³/mol. The van der Waals surface area contributed by atoms with Crippen LogP contribution in [0.5, 0.6) is 0 Å². The number of nitrogens with zero attached hydrogens (tertiary/aromatic N) is 3. The van der Waals surface area contributed by atoms with E-state index in [0.29, 0.717) is 4.90 Å². The van der Waals surface area contributed by atoms with E-state index < -0.39 is 10.0 Å². The van der Waals surface area contributed by atoms with Gasteiger partial charge < -0.3 is 0 Å². The van der Waals surface area contributed by atoms with Gasteiger partial charge in [0.15, 0.2) is 0 Å². The molecule has 0 saturated carbocycles. The number of rotatable bonds is 5. The second-order valence-corrected chi connectivity index (χ2v) is 8.36. The first-order valence-electron chi connectivity index (χ1n) is 8.05. The lowest BCUT2D eigenvalue weighted by Gasteiger charge is -2.13. The maximum Gasteiger partial charge on any atom is 0.242 e. The van der Waals surface area contributed by atoms with Crippen molar-refractivity contribution in [3.63, 3.8) is 0 Å². The van der Waals surface area contributed by atoms with Crippen molar-refractivity contribution in [2.45, 2.75) is 11.3 Å². The van der Waals surface area contributed by atoms with E-state index in [9.17, 15) is 8.42 Å². The van der Waals surface area contributed by atoms with Crippen LogP contribution < -0.4 is 5.84 Å². The van der Waals surface area contributed by atoms with Gasteiger partial charge in [0.25, 0.3) is 0 Å². The Morgan fingerprint density at radius 2 is 1.58 bits per heavy atom. The van der Waals surface area contributed by atoms with Gasteiger partial charge in [0.1, 0.15) is 5.84 Å². The van der Waals surface area contributed by atoms with E-state index >= 15 is 0 Å². The maximum atomic E-state index is 12.1. The van der Waals surface area contributed by atoms with Crippen LogP contribution in [-0.4, -0.2) is 50.8 Å². The molecule has 0 fully saturated rings. The van der Waals surface area contributed by atoms with Crippen LogP contribution in [0.15, 0.2) is 58.4 Å². The number of halogens is 1. The summed E-state index contributed by atoms with van der Waals surface area (Å²) >= 11 is 0. The molecule has 140 valence electrons. The molecule has 0 amide bonds. The summed E-state index contributed by atoms with van der Waals surface area (Å²) in [6, 6.07) is 15.1. The molecule has 0 aromatic heterocycles. The van der Waals surface area contributed by atoms with Crippen LogP contribution in [0.4, 0.5) is 0 Å². The number of amidine groups is 1. The molecule has 0 saturated heterocycles. The summed E-state index contributed by atoms with van der Waals surface area (Å²) in [5.74, 6) is 6.72. The van der Waals surface area contributed by atoms with Crippen LogP contribution in [0.3, 0.4) is 0 Å². The van der Waals surface area contributed by atoms with Crippen molar-refractivity contribution in [2.24, 2.45) is 10.8 Å². The average molecular weight is 395 g/mol. The van der Waals surface area contributed by atoms with Gasteiger partial charge in [-0.1, -0.05) is 36.4 Å². The lowest BCUT2D eigenvalue weighted by Crippen LogP contribution is -2.34. The smallest absolute Gasteiger partial charge is 0.242 e. The zero-order valence-electron chi connectivity index (χ0n) is 14.8. The molecule has 2 N–H and O–H groups in total. The van der Waals surface area contributed by atoms with Crippen molar-refractivity contribution in [1.29, 1.82) is 0 Å². The molecule has 1 heterocycles. The van der Waals surface area contributed by atoms with Crippen LogP contribution in [0.25, 0.3) is 0 Å². The molecule has 0 radical (unpaired) electrons. The highest BCUT2D eigenvalue weighted by Gasteiger charge is 2.17. The van der Waals surface area contributed by atoms with Crippen molar-refractivity contribution >= 4 is 28.3 Å². The van der Waals surface area contributed by atoms with E-state index in [2.05, 4.69) is 17.1 Å². The second-order valence-electron chi connectivity index (χ2n) is 6.20. The van der Waals surface area contributed by atoms with E-state index in [1.54, 1.807) is 17.1 Å².